The summed E-state index contributed by atoms with van der Waals surface area (Å²) in [5, 5.41) is 11.6. The van der Waals surface area contributed by atoms with Gasteiger partial charge in [-0.1, -0.05) is 0 Å². The van der Waals surface area contributed by atoms with Gasteiger partial charge in [0.2, 0.25) is 17.8 Å². The molecule has 2 heterocycles. The molecule has 1 aliphatic heterocycles. The number of aromatic nitrogens is 3. The first-order valence-electron chi connectivity index (χ1n) is 5.41. The van der Waals surface area contributed by atoms with Crippen molar-refractivity contribution in [3.05, 3.63) is 0 Å². The van der Waals surface area contributed by atoms with Crippen molar-refractivity contribution >= 4 is 17.8 Å². The van der Waals surface area contributed by atoms with Crippen molar-refractivity contribution in [3.63, 3.8) is 0 Å². The van der Waals surface area contributed by atoms with Crippen molar-refractivity contribution in [2.24, 2.45) is 0 Å². The number of aliphatic hydroxyl groups is 1. The predicted octanol–water partition coefficient (Wildman–Crippen LogP) is -0.542. The lowest BCUT2D eigenvalue weighted by Gasteiger charge is -2.15. The van der Waals surface area contributed by atoms with E-state index in [4.69, 9.17) is 10.8 Å². The third-order valence-electron chi connectivity index (χ3n) is 2.42. The zero-order chi connectivity index (χ0) is 11.4. The standard InChI is InChI=1S/C9H16N6O/c10-7-12-8(11-3-6-16)14-9(13-7)15-4-1-2-5-15/h16H,1-6H2,(H3,10,11,12,13,14). The number of rotatable bonds is 4. The summed E-state index contributed by atoms with van der Waals surface area (Å²) >= 11 is 0. The third-order valence-corrected chi connectivity index (χ3v) is 2.42. The molecule has 0 radical (unpaired) electrons. The zero-order valence-electron chi connectivity index (χ0n) is 9.06. The van der Waals surface area contributed by atoms with Crippen LogP contribution in [0, 0.1) is 0 Å². The van der Waals surface area contributed by atoms with Crippen molar-refractivity contribution in [3.8, 4) is 0 Å². The van der Waals surface area contributed by atoms with E-state index in [1.165, 1.54) is 0 Å². The summed E-state index contributed by atoms with van der Waals surface area (Å²) in [6.45, 7) is 2.36. The lowest BCUT2D eigenvalue weighted by molar-refractivity contribution is 0.311. The maximum absolute atomic E-state index is 8.70. The summed E-state index contributed by atoms with van der Waals surface area (Å²) in [4.78, 5) is 14.4. The van der Waals surface area contributed by atoms with Gasteiger partial charge in [-0.2, -0.15) is 15.0 Å². The second-order valence-electron chi connectivity index (χ2n) is 3.66. The summed E-state index contributed by atoms with van der Waals surface area (Å²) < 4.78 is 0. The Morgan fingerprint density at radius 3 is 2.69 bits per heavy atom. The van der Waals surface area contributed by atoms with Crippen LogP contribution in [0.2, 0.25) is 0 Å². The normalized spacial score (nSPS) is 15.4. The zero-order valence-corrected chi connectivity index (χ0v) is 9.06. The Labute approximate surface area is 93.7 Å². The van der Waals surface area contributed by atoms with E-state index >= 15 is 0 Å². The van der Waals surface area contributed by atoms with Gasteiger partial charge < -0.3 is 21.1 Å². The minimum absolute atomic E-state index is 0.0324. The molecule has 4 N–H and O–H groups in total. The van der Waals surface area contributed by atoms with Gasteiger partial charge in [0.05, 0.1) is 6.61 Å². The molecule has 0 aliphatic carbocycles. The second-order valence-corrected chi connectivity index (χ2v) is 3.66. The predicted molar refractivity (Wildman–Crippen MR) is 61.3 cm³/mol. The third kappa shape index (κ3) is 2.48. The SMILES string of the molecule is Nc1nc(NCCO)nc(N2CCCC2)n1. The molecule has 1 aromatic rings. The summed E-state index contributed by atoms with van der Waals surface area (Å²) in [7, 11) is 0. The maximum Gasteiger partial charge on any atom is 0.231 e. The van der Waals surface area contributed by atoms with Gasteiger partial charge in [0.25, 0.3) is 0 Å². The number of nitrogens with two attached hydrogens (primary N) is 1. The molecule has 7 nitrogen and oxygen atoms in total. The molecule has 1 saturated heterocycles. The van der Waals surface area contributed by atoms with Gasteiger partial charge in [-0.3, -0.25) is 0 Å². The molecular formula is C9H16N6O. The molecule has 0 bridgehead atoms. The summed E-state index contributed by atoms with van der Waals surface area (Å²) in [6, 6.07) is 0. The highest BCUT2D eigenvalue weighted by Crippen LogP contribution is 2.17. The molecule has 0 unspecified atom stereocenters. The van der Waals surface area contributed by atoms with Crippen LogP contribution in [-0.4, -0.2) is 46.3 Å². The highest BCUT2D eigenvalue weighted by atomic mass is 16.3. The molecule has 0 amide bonds. The molecule has 16 heavy (non-hydrogen) atoms. The minimum Gasteiger partial charge on any atom is -0.395 e. The lowest BCUT2D eigenvalue weighted by Crippen LogP contribution is -2.22. The molecule has 0 aromatic carbocycles. The van der Waals surface area contributed by atoms with E-state index in [0.717, 1.165) is 25.9 Å². The fraction of sp³-hybridized carbons (Fsp3) is 0.667. The van der Waals surface area contributed by atoms with Crippen LogP contribution in [-0.2, 0) is 0 Å². The van der Waals surface area contributed by atoms with Crippen molar-refractivity contribution < 1.29 is 5.11 Å². The Kier molecular flexibility index (Phi) is 3.35. The molecular weight excluding hydrogens is 208 g/mol. The van der Waals surface area contributed by atoms with E-state index < -0.39 is 0 Å². The number of nitrogens with zero attached hydrogens (tertiary/aromatic N) is 4. The van der Waals surface area contributed by atoms with E-state index in [0.29, 0.717) is 18.4 Å². The fourth-order valence-corrected chi connectivity index (χ4v) is 1.69. The van der Waals surface area contributed by atoms with Crippen LogP contribution in [0.25, 0.3) is 0 Å². The average molecular weight is 224 g/mol. The first kappa shape index (κ1) is 10.9. The van der Waals surface area contributed by atoms with Gasteiger partial charge in [-0.05, 0) is 12.8 Å². The Balaban J connectivity index is 2.14. The van der Waals surface area contributed by atoms with Crippen molar-refractivity contribution in [1.82, 2.24) is 15.0 Å². The molecule has 7 heteroatoms. The van der Waals surface area contributed by atoms with Gasteiger partial charge in [-0.25, -0.2) is 0 Å². The summed E-state index contributed by atoms with van der Waals surface area (Å²) in [5.41, 5.74) is 5.61. The molecule has 0 spiro atoms. The molecule has 1 fully saturated rings. The van der Waals surface area contributed by atoms with Crippen LogP contribution in [0.5, 0.6) is 0 Å². The molecule has 1 aromatic heterocycles. The number of nitrogen functional groups attached to an aromatic ring is 1. The summed E-state index contributed by atoms with van der Waals surface area (Å²) in [5.74, 6) is 1.24. The highest BCUT2D eigenvalue weighted by Gasteiger charge is 2.16. The number of nitrogens with one attached hydrogen (secondary N) is 1. The number of aliphatic hydroxyl groups excluding tert-OH is 1. The minimum atomic E-state index is 0.0324. The lowest BCUT2D eigenvalue weighted by atomic mass is 10.4. The summed E-state index contributed by atoms with van der Waals surface area (Å²) in [6.07, 6.45) is 2.32. The van der Waals surface area contributed by atoms with Crippen molar-refractivity contribution in [1.29, 1.82) is 0 Å². The van der Waals surface area contributed by atoms with E-state index in [2.05, 4.69) is 25.2 Å². The van der Waals surface area contributed by atoms with E-state index in [9.17, 15) is 0 Å². The molecule has 1 aliphatic rings. The second kappa shape index (κ2) is 4.93. The number of hydrogen-bond donors (Lipinski definition) is 3. The Morgan fingerprint density at radius 2 is 2.00 bits per heavy atom. The average Bonchev–Trinajstić information content (AvgIpc) is 2.79. The number of anilines is 3. The Morgan fingerprint density at radius 1 is 1.25 bits per heavy atom. The van der Waals surface area contributed by atoms with Crippen LogP contribution in [0.1, 0.15) is 12.8 Å². The smallest absolute Gasteiger partial charge is 0.231 e. The van der Waals surface area contributed by atoms with E-state index in [1.807, 2.05) is 0 Å². The van der Waals surface area contributed by atoms with Crippen molar-refractivity contribution in [2.75, 3.05) is 42.2 Å². The largest absolute Gasteiger partial charge is 0.395 e. The van der Waals surface area contributed by atoms with E-state index in [-0.39, 0.29) is 12.6 Å². The van der Waals surface area contributed by atoms with Gasteiger partial charge in [0, 0.05) is 19.6 Å². The van der Waals surface area contributed by atoms with Gasteiger partial charge in [-0.15, -0.1) is 0 Å². The fourth-order valence-electron chi connectivity index (χ4n) is 1.69. The first-order chi connectivity index (χ1) is 7.79. The Hall–Kier alpha value is -1.63. The van der Waals surface area contributed by atoms with Crippen LogP contribution >= 0.6 is 0 Å². The first-order valence-corrected chi connectivity index (χ1v) is 5.41. The monoisotopic (exact) mass is 224 g/mol. The molecule has 2 rings (SSSR count). The quantitative estimate of drug-likeness (QED) is 0.631. The van der Waals surface area contributed by atoms with Gasteiger partial charge >= 0.3 is 0 Å². The molecule has 0 saturated carbocycles. The highest BCUT2D eigenvalue weighted by molar-refractivity contribution is 5.42. The van der Waals surface area contributed by atoms with Crippen LogP contribution in [0.15, 0.2) is 0 Å². The van der Waals surface area contributed by atoms with Crippen LogP contribution in [0.4, 0.5) is 17.8 Å². The topological polar surface area (TPSA) is 100 Å². The van der Waals surface area contributed by atoms with E-state index in [1.54, 1.807) is 0 Å². The van der Waals surface area contributed by atoms with Gasteiger partial charge in [0.1, 0.15) is 0 Å². The van der Waals surface area contributed by atoms with Crippen LogP contribution < -0.4 is 16.0 Å². The van der Waals surface area contributed by atoms with Crippen molar-refractivity contribution in [2.45, 2.75) is 12.8 Å². The molecule has 0 atom stereocenters. The number of hydrogen-bond acceptors (Lipinski definition) is 7. The van der Waals surface area contributed by atoms with Gasteiger partial charge in [0.15, 0.2) is 0 Å². The Bertz CT molecular complexity index is 352. The maximum atomic E-state index is 8.70. The molecule has 88 valence electrons. The van der Waals surface area contributed by atoms with Crippen LogP contribution in [0.3, 0.4) is 0 Å².